The second kappa shape index (κ2) is 7.98. The third-order valence-electron chi connectivity index (χ3n) is 2.86. The maximum absolute atomic E-state index is 12.8. The first kappa shape index (κ1) is 16.5. The van der Waals surface area contributed by atoms with Crippen LogP contribution in [0, 0.1) is 5.82 Å². The Labute approximate surface area is 132 Å². The molecule has 0 spiro atoms. The minimum atomic E-state index is -0.372. The van der Waals surface area contributed by atoms with Crippen LogP contribution in [0.4, 0.5) is 4.39 Å². The van der Waals surface area contributed by atoms with Gasteiger partial charge >= 0.3 is 0 Å². The van der Waals surface area contributed by atoms with Gasteiger partial charge in [0, 0.05) is 20.0 Å². The molecule has 2 amide bonds. The molecule has 0 saturated carbocycles. The summed E-state index contributed by atoms with van der Waals surface area (Å²) in [5.41, 5.74) is 0. The predicted molar refractivity (Wildman–Crippen MR) is 80.5 cm³/mol. The lowest BCUT2D eigenvalue weighted by atomic mass is 10.3. The molecule has 0 aliphatic rings. The highest BCUT2D eigenvalue weighted by molar-refractivity contribution is 5.91. The van der Waals surface area contributed by atoms with Crippen molar-refractivity contribution in [1.29, 1.82) is 0 Å². The average molecular weight is 320 g/mol. The number of nitrogens with one attached hydrogen (secondary N) is 2. The van der Waals surface area contributed by atoms with Gasteiger partial charge in [0.2, 0.25) is 5.91 Å². The third kappa shape index (κ3) is 5.46. The molecule has 2 aromatic rings. The van der Waals surface area contributed by atoms with Crippen LogP contribution in [-0.2, 0) is 11.4 Å². The maximum atomic E-state index is 12.8. The van der Waals surface area contributed by atoms with Crippen LogP contribution in [0.5, 0.6) is 5.75 Å². The predicted octanol–water partition coefficient (Wildman–Crippen LogP) is 1.86. The molecule has 0 unspecified atom stereocenters. The number of furan rings is 1. The fourth-order valence-corrected chi connectivity index (χ4v) is 1.76. The summed E-state index contributed by atoms with van der Waals surface area (Å²) < 4.78 is 23.6. The van der Waals surface area contributed by atoms with E-state index in [0.717, 1.165) is 0 Å². The number of benzene rings is 1. The number of halogens is 1. The highest BCUT2D eigenvalue weighted by Gasteiger charge is 2.11. The summed E-state index contributed by atoms with van der Waals surface area (Å²) in [5.74, 6) is 0.269. The number of hydrogen-bond donors (Lipinski definition) is 2. The maximum Gasteiger partial charge on any atom is 0.287 e. The van der Waals surface area contributed by atoms with Crippen molar-refractivity contribution in [2.75, 3.05) is 13.1 Å². The normalized spacial score (nSPS) is 10.2. The van der Waals surface area contributed by atoms with Crippen molar-refractivity contribution < 1.29 is 23.1 Å². The standard InChI is InChI=1S/C16H17FN2O4/c1-11(20)18-8-9-19-16(21)15-7-6-14(23-15)10-22-13-4-2-12(17)3-5-13/h2-7H,8-10H2,1H3,(H,18,20)(H,19,21). The smallest absolute Gasteiger partial charge is 0.287 e. The second-order valence-electron chi connectivity index (χ2n) is 4.75. The first-order valence-electron chi connectivity index (χ1n) is 7.04. The average Bonchev–Trinajstić information content (AvgIpc) is 3.00. The molecule has 0 fully saturated rings. The van der Waals surface area contributed by atoms with E-state index in [-0.39, 0.29) is 30.0 Å². The van der Waals surface area contributed by atoms with Crippen molar-refractivity contribution in [3.8, 4) is 5.75 Å². The van der Waals surface area contributed by atoms with Crippen molar-refractivity contribution in [3.63, 3.8) is 0 Å². The van der Waals surface area contributed by atoms with E-state index in [9.17, 15) is 14.0 Å². The molecule has 0 aliphatic heterocycles. The fraction of sp³-hybridized carbons (Fsp3) is 0.250. The first-order chi connectivity index (χ1) is 11.0. The lowest BCUT2D eigenvalue weighted by molar-refractivity contribution is -0.118. The van der Waals surface area contributed by atoms with Gasteiger partial charge in [-0.15, -0.1) is 0 Å². The monoisotopic (exact) mass is 320 g/mol. The van der Waals surface area contributed by atoms with Crippen LogP contribution in [-0.4, -0.2) is 24.9 Å². The molecule has 0 aliphatic carbocycles. The molecule has 6 nitrogen and oxygen atoms in total. The van der Waals surface area contributed by atoms with E-state index in [1.165, 1.54) is 37.3 Å². The SMILES string of the molecule is CC(=O)NCCNC(=O)c1ccc(COc2ccc(F)cc2)o1. The Kier molecular flexibility index (Phi) is 5.74. The molecule has 2 rings (SSSR count). The Hall–Kier alpha value is -2.83. The van der Waals surface area contributed by atoms with Gasteiger partial charge in [-0.2, -0.15) is 0 Å². The topological polar surface area (TPSA) is 80.6 Å². The number of ether oxygens (including phenoxy) is 1. The minimum Gasteiger partial charge on any atom is -0.486 e. The lowest BCUT2D eigenvalue weighted by Gasteiger charge is -2.04. The molecule has 1 aromatic heterocycles. The Morgan fingerprint density at radius 3 is 2.48 bits per heavy atom. The Morgan fingerprint density at radius 2 is 1.78 bits per heavy atom. The van der Waals surface area contributed by atoms with Gasteiger partial charge < -0.3 is 19.8 Å². The Bertz CT molecular complexity index is 667. The van der Waals surface area contributed by atoms with E-state index >= 15 is 0 Å². The highest BCUT2D eigenvalue weighted by atomic mass is 19.1. The van der Waals surface area contributed by atoms with Gasteiger partial charge in [-0.3, -0.25) is 9.59 Å². The van der Waals surface area contributed by atoms with Crippen molar-refractivity contribution in [3.05, 3.63) is 53.7 Å². The van der Waals surface area contributed by atoms with E-state index in [1.807, 2.05) is 0 Å². The van der Waals surface area contributed by atoms with Gasteiger partial charge in [0.15, 0.2) is 5.76 Å². The first-order valence-corrected chi connectivity index (χ1v) is 7.04. The zero-order valence-electron chi connectivity index (χ0n) is 12.6. The van der Waals surface area contributed by atoms with E-state index in [4.69, 9.17) is 9.15 Å². The van der Waals surface area contributed by atoms with Crippen molar-refractivity contribution in [1.82, 2.24) is 10.6 Å². The molecule has 0 atom stereocenters. The van der Waals surface area contributed by atoms with Crippen molar-refractivity contribution in [2.45, 2.75) is 13.5 Å². The summed E-state index contributed by atoms with van der Waals surface area (Å²) in [5, 5.41) is 5.19. The van der Waals surface area contributed by atoms with Crippen molar-refractivity contribution >= 4 is 11.8 Å². The van der Waals surface area contributed by atoms with E-state index in [1.54, 1.807) is 6.07 Å². The quantitative estimate of drug-likeness (QED) is 0.763. The van der Waals surface area contributed by atoms with Gasteiger partial charge in [0.05, 0.1) is 0 Å². The van der Waals surface area contributed by atoms with Gasteiger partial charge in [-0.25, -0.2) is 4.39 Å². The van der Waals surface area contributed by atoms with Gasteiger partial charge in [0.1, 0.15) is 23.9 Å². The van der Waals surface area contributed by atoms with Crippen molar-refractivity contribution in [2.24, 2.45) is 0 Å². The Balaban J connectivity index is 1.79. The van der Waals surface area contributed by atoms with Gasteiger partial charge in [-0.1, -0.05) is 0 Å². The number of rotatable bonds is 7. The van der Waals surface area contributed by atoms with Crippen LogP contribution >= 0.6 is 0 Å². The van der Waals surface area contributed by atoms with E-state index in [2.05, 4.69) is 10.6 Å². The Morgan fingerprint density at radius 1 is 1.09 bits per heavy atom. The molecule has 2 N–H and O–H groups in total. The molecule has 122 valence electrons. The summed E-state index contributed by atoms with van der Waals surface area (Å²) in [6.07, 6.45) is 0. The van der Waals surface area contributed by atoms with Crippen LogP contribution in [0.15, 0.2) is 40.8 Å². The zero-order valence-corrected chi connectivity index (χ0v) is 12.6. The van der Waals surface area contributed by atoms with Gasteiger partial charge in [0.25, 0.3) is 5.91 Å². The molecule has 1 heterocycles. The van der Waals surface area contributed by atoms with Crippen LogP contribution in [0.2, 0.25) is 0 Å². The van der Waals surface area contributed by atoms with Gasteiger partial charge in [-0.05, 0) is 36.4 Å². The van der Waals surface area contributed by atoms with Crippen LogP contribution in [0.1, 0.15) is 23.2 Å². The largest absolute Gasteiger partial charge is 0.486 e. The molecule has 0 saturated heterocycles. The number of carbonyl (C=O) groups is 2. The molecule has 7 heteroatoms. The molecular weight excluding hydrogens is 303 g/mol. The summed E-state index contributed by atoms with van der Waals surface area (Å²) in [7, 11) is 0. The van der Waals surface area contributed by atoms with Crippen LogP contribution in [0.25, 0.3) is 0 Å². The number of carbonyl (C=O) groups excluding carboxylic acids is 2. The van der Waals surface area contributed by atoms with E-state index < -0.39 is 0 Å². The minimum absolute atomic E-state index is 0.130. The molecule has 23 heavy (non-hydrogen) atoms. The summed E-state index contributed by atoms with van der Waals surface area (Å²) >= 11 is 0. The third-order valence-corrected chi connectivity index (χ3v) is 2.86. The molecule has 1 aromatic carbocycles. The number of amides is 2. The fourth-order valence-electron chi connectivity index (χ4n) is 1.76. The molecule has 0 bridgehead atoms. The number of hydrogen-bond acceptors (Lipinski definition) is 4. The lowest BCUT2D eigenvalue weighted by Crippen LogP contribution is -2.33. The highest BCUT2D eigenvalue weighted by Crippen LogP contribution is 2.15. The summed E-state index contributed by atoms with van der Waals surface area (Å²) in [4.78, 5) is 22.5. The molecular formula is C16H17FN2O4. The second-order valence-corrected chi connectivity index (χ2v) is 4.75. The summed E-state index contributed by atoms with van der Waals surface area (Å²) in [6.45, 7) is 2.19. The van der Waals surface area contributed by atoms with Crippen LogP contribution in [0.3, 0.4) is 0 Å². The molecule has 0 radical (unpaired) electrons. The van der Waals surface area contributed by atoms with E-state index in [0.29, 0.717) is 24.6 Å². The zero-order chi connectivity index (χ0) is 16.7. The van der Waals surface area contributed by atoms with Crippen LogP contribution < -0.4 is 15.4 Å². The summed E-state index contributed by atoms with van der Waals surface area (Å²) in [6, 6.07) is 8.78.